The van der Waals surface area contributed by atoms with Crippen molar-refractivity contribution >= 4 is 34.1 Å². The second-order valence-electron chi connectivity index (χ2n) is 2.80. The summed E-state index contributed by atoms with van der Waals surface area (Å²) in [6, 6.07) is 1.35. The minimum Gasteiger partial charge on any atom is -0.506 e. The molecule has 0 saturated heterocycles. The first-order valence-corrected chi connectivity index (χ1v) is 4.85. The predicted molar refractivity (Wildman–Crippen MR) is 62.9 cm³/mol. The van der Waals surface area contributed by atoms with E-state index in [1.165, 1.54) is 18.2 Å². The lowest BCUT2D eigenvalue weighted by atomic mass is 10.0. The van der Waals surface area contributed by atoms with E-state index < -0.39 is 5.97 Å². The summed E-state index contributed by atoms with van der Waals surface area (Å²) >= 11 is 3.12. The van der Waals surface area contributed by atoms with E-state index in [9.17, 15) is 9.90 Å². The Labute approximate surface area is 95.5 Å². The third-order valence-electron chi connectivity index (χ3n) is 1.96. The molecule has 4 heteroatoms. The largest absolute Gasteiger partial charge is 0.506 e. The smallest absolute Gasteiger partial charge is 0.339 e. The highest BCUT2D eigenvalue weighted by Crippen LogP contribution is 2.35. The van der Waals surface area contributed by atoms with Crippen molar-refractivity contribution in [2.75, 3.05) is 0 Å². The Balaban J connectivity index is 3.63. The van der Waals surface area contributed by atoms with E-state index in [-0.39, 0.29) is 11.3 Å². The van der Waals surface area contributed by atoms with Gasteiger partial charge in [0.05, 0.1) is 4.47 Å². The number of carboxylic acid groups (broad SMARTS) is 1. The van der Waals surface area contributed by atoms with Crippen molar-refractivity contribution in [3.63, 3.8) is 0 Å². The van der Waals surface area contributed by atoms with Gasteiger partial charge in [-0.05, 0) is 33.1 Å². The summed E-state index contributed by atoms with van der Waals surface area (Å²) in [7, 11) is 0. The fraction of sp³-hybridized carbons (Fsp3) is 0. The molecule has 0 aliphatic heterocycles. The lowest BCUT2D eigenvalue weighted by molar-refractivity contribution is 0.0693. The van der Waals surface area contributed by atoms with Gasteiger partial charge in [-0.25, -0.2) is 4.79 Å². The number of hydrogen-bond donors (Lipinski definition) is 2. The summed E-state index contributed by atoms with van der Waals surface area (Å²) < 4.78 is 0.312. The Kier molecular flexibility index (Phi) is 3.31. The molecule has 0 spiro atoms. The number of aromatic hydroxyl groups is 1. The lowest BCUT2D eigenvalue weighted by Gasteiger charge is -2.09. The molecule has 0 aliphatic carbocycles. The Morgan fingerprint density at radius 1 is 1.40 bits per heavy atom. The van der Waals surface area contributed by atoms with Crippen molar-refractivity contribution in [1.82, 2.24) is 0 Å². The zero-order valence-electron chi connectivity index (χ0n) is 7.83. The van der Waals surface area contributed by atoms with Crippen LogP contribution in [0.4, 0.5) is 0 Å². The Hall–Kier alpha value is -1.55. The van der Waals surface area contributed by atoms with Crippen LogP contribution in [0.5, 0.6) is 5.75 Å². The van der Waals surface area contributed by atoms with E-state index in [1.807, 2.05) is 0 Å². The van der Waals surface area contributed by atoms with Crippen molar-refractivity contribution in [3.8, 4) is 5.75 Å². The van der Waals surface area contributed by atoms with Gasteiger partial charge in [0.2, 0.25) is 0 Å². The first-order chi connectivity index (χ1) is 7.02. The molecule has 0 atom stereocenters. The van der Waals surface area contributed by atoms with Gasteiger partial charge in [0.25, 0.3) is 0 Å². The number of hydrogen-bond acceptors (Lipinski definition) is 2. The summed E-state index contributed by atoms with van der Waals surface area (Å²) in [5, 5.41) is 18.4. The third kappa shape index (κ3) is 1.94. The van der Waals surface area contributed by atoms with Gasteiger partial charge in [-0.2, -0.15) is 0 Å². The van der Waals surface area contributed by atoms with E-state index in [0.717, 1.165) is 0 Å². The number of rotatable bonds is 3. The zero-order chi connectivity index (χ0) is 11.6. The maximum absolute atomic E-state index is 10.8. The molecule has 1 rings (SSSR count). The SMILES string of the molecule is C=Cc1cc(C(=O)O)c(O)c(Br)c1C=C. The van der Waals surface area contributed by atoms with Crippen LogP contribution in [-0.4, -0.2) is 16.2 Å². The summed E-state index contributed by atoms with van der Waals surface area (Å²) in [5.74, 6) is -1.49. The average molecular weight is 269 g/mol. The van der Waals surface area contributed by atoms with Crippen molar-refractivity contribution in [2.24, 2.45) is 0 Å². The summed E-state index contributed by atoms with van der Waals surface area (Å²) in [6.07, 6.45) is 3.03. The number of aromatic carboxylic acids is 1. The molecular formula is C11H9BrO3. The summed E-state index contributed by atoms with van der Waals surface area (Å²) in [5.41, 5.74) is 1.06. The monoisotopic (exact) mass is 268 g/mol. The molecule has 0 unspecified atom stereocenters. The number of carboxylic acids is 1. The van der Waals surface area contributed by atoms with Crippen LogP contribution in [0.3, 0.4) is 0 Å². The molecule has 0 heterocycles. The molecule has 2 N–H and O–H groups in total. The molecule has 0 bridgehead atoms. The highest BCUT2D eigenvalue weighted by atomic mass is 79.9. The third-order valence-corrected chi connectivity index (χ3v) is 2.77. The Morgan fingerprint density at radius 2 is 2.00 bits per heavy atom. The Bertz CT molecular complexity index is 450. The average Bonchev–Trinajstić information content (AvgIpc) is 2.21. The molecule has 15 heavy (non-hydrogen) atoms. The van der Waals surface area contributed by atoms with Crippen molar-refractivity contribution < 1.29 is 15.0 Å². The first kappa shape index (κ1) is 11.5. The van der Waals surface area contributed by atoms with Gasteiger partial charge in [0, 0.05) is 0 Å². The number of halogens is 1. The number of carbonyl (C=O) groups is 1. The van der Waals surface area contributed by atoms with E-state index in [4.69, 9.17) is 5.11 Å². The van der Waals surface area contributed by atoms with Crippen LogP contribution in [0, 0.1) is 0 Å². The van der Waals surface area contributed by atoms with Gasteiger partial charge in [0.1, 0.15) is 11.3 Å². The van der Waals surface area contributed by atoms with Crippen LogP contribution >= 0.6 is 15.9 Å². The molecule has 0 aliphatic rings. The first-order valence-electron chi connectivity index (χ1n) is 4.06. The molecular weight excluding hydrogens is 260 g/mol. The molecule has 0 fully saturated rings. The highest BCUT2D eigenvalue weighted by Gasteiger charge is 2.16. The molecule has 0 saturated carbocycles. The van der Waals surface area contributed by atoms with Crippen molar-refractivity contribution in [1.29, 1.82) is 0 Å². The van der Waals surface area contributed by atoms with E-state index in [2.05, 4.69) is 29.1 Å². The van der Waals surface area contributed by atoms with Crippen LogP contribution in [0.1, 0.15) is 21.5 Å². The maximum atomic E-state index is 10.8. The molecule has 1 aromatic rings. The molecule has 1 aromatic carbocycles. The van der Waals surface area contributed by atoms with E-state index >= 15 is 0 Å². The second kappa shape index (κ2) is 4.31. The zero-order valence-corrected chi connectivity index (χ0v) is 9.41. The van der Waals surface area contributed by atoms with Crippen molar-refractivity contribution in [3.05, 3.63) is 40.4 Å². The highest BCUT2D eigenvalue weighted by molar-refractivity contribution is 9.10. The minimum absolute atomic E-state index is 0.164. The predicted octanol–water partition coefficient (Wildman–Crippen LogP) is 3.14. The summed E-state index contributed by atoms with van der Waals surface area (Å²) in [6.45, 7) is 7.15. The fourth-order valence-corrected chi connectivity index (χ4v) is 1.82. The lowest BCUT2D eigenvalue weighted by Crippen LogP contribution is -1.99. The number of phenols is 1. The molecule has 0 radical (unpaired) electrons. The normalized spacial score (nSPS) is 9.67. The molecule has 3 nitrogen and oxygen atoms in total. The standard InChI is InChI=1S/C11H9BrO3/c1-3-6-5-8(11(14)15)10(13)9(12)7(6)4-2/h3-5,13H,1-2H2,(H,14,15). The fourth-order valence-electron chi connectivity index (χ4n) is 1.21. The quantitative estimate of drug-likeness (QED) is 0.886. The summed E-state index contributed by atoms with van der Waals surface area (Å²) in [4.78, 5) is 10.8. The van der Waals surface area contributed by atoms with Gasteiger partial charge < -0.3 is 10.2 Å². The number of benzene rings is 1. The second-order valence-corrected chi connectivity index (χ2v) is 3.60. The maximum Gasteiger partial charge on any atom is 0.339 e. The minimum atomic E-state index is -1.19. The van der Waals surface area contributed by atoms with E-state index in [1.54, 1.807) is 0 Å². The van der Waals surface area contributed by atoms with Crippen LogP contribution in [0.2, 0.25) is 0 Å². The molecule has 0 amide bonds. The van der Waals surface area contributed by atoms with Gasteiger partial charge in [-0.15, -0.1) is 0 Å². The molecule has 0 aromatic heterocycles. The topological polar surface area (TPSA) is 57.5 Å². The van der Waals surface area contributed by atoms with Crippen LogP contribution < -0.4 is 0 Å². The van der Waals surface area contributed by atoms with Crippen LogP contribution in [0.25, 0.3) is 12.2 Å². The van der Waals surface area contributed by atoms with Gasteiger partial charge in [-0.1, -0.05) is 25.3 Å². The Morgan fingerprint density at radius 3 is 2.40 bits per heavy atom. The van der Waals surface area contributed by atoms with Gasteiger partial charge in [-0.3, -0.25) is 0 Å². The van der Waals surface area contributed by atoms with Crippen LogP contribution in [0.15, 0.2) is 23.7 Å². The van der Waals surface area contributed by atoms with Crippen molar-refractivity contribution in [2.45, 2.75) is 0 Å². The van der Waals surface area contributed by atoms with Gasteiger partial charge >= 0.3 is 5.97 Å². The molecule has 78 valence electrons. The van der Waals surface area contributed by atoms with Gasteiger partial charge in [0.15, 0.2) is 0 Å². The van der Waals surface area contributed by atoms with Crippen LogP contribution in [-0.2, 0) is 0 Å². The van der Waals surface area contributed by atoms with E-state index in [0.29, 0.717) is 15.6 Å².